The van der Waals surface area contributed by atoms with Gasteiger partial charge in [-0.25, -0.2) is 4.79 Å². The van der Waals surface area contributed by atoms with E-state index in [1.807, 2.05) is 23.1 Å². The van der Waals surface area contributed by atoms with Crippen molar-refractivity contribution in [1.82, 2.24) is 4.90 Å². The van der Waals surface area contributed by atoms with Crippen LogP contribution in [0.4, 0.5) is 0 Å². The van der Waals surface area contributed by atoms with Gasteiger partial charge >= 0.3 is 5.97 Å². The summed E-state index contributed by atoms with van der Waals surface area (Å²) in [5.74, 6) is 1.05. The lowest BCUT2D eigenvalue weighted by molar-refractivity contribution is -0.136. The van der Waals surface area contributed by atoms with Crippen LogP contribution in [0.3, 0.4) is 0 Å². The van der Waals surface area contributed by atoms with Crippen LogP contribution < -0.4 is 9.47 Å². The second-order valence-electron chi connectivity index (χ2n) is 6.77. The van der Waals surface area contributed by atoms with Gasteiger partial charge in [0.05, 0.1) is 26.2 Å². The number of methoxy groups -OCH3 is 2. The summed E-state index contributed by atoms with van der Waals surface area (Å²) in [5, 5.41) is 8.92. The Morgan fingerprint density at radius 2 is 1.59 bits per heavy atom. The van der Waals surface area contributed by atoms with Crippen LogP contribution >= 0.6 is 0 Å². The highest BCUT2D eigenvalue weighted by Gasteiger charge is 2.30. The topological polar surface area (TPSA) is 76.1 Å². The molecule has 2 aromatic rings. The first-order valence-corrected chi connectivity index (χ1v) is 8.80. The van der Waals surface area contributed by atoms with Crippen LogP contribution in [-0.4, -0.2) is 49.2 Å². The number of carboxylic acid groups (broad SMARTS) is 1. The van der Waals surface area contributed by atoms with Gasteiger partial charge in [0.1, 0.15) is 11.5 Å². The summed E-state index contributed by atoms with van der Waals surface area (Å²) in [6.07, 6.45) is 1.16. The highest BCUT2D eigenvalue weighted by Crippen LogP contribution is 2.27. The van der Waals surface area contributed by atoms with Gasteiger partial charge in [-0.1, -0.05) is 12.1 Å². The van der Waals surface area contributed by atoms with E-state index in [-0.39, 0.29) is 11.5 Å². The fraction of sp³-hybridized carbons (Fsp3) is 0.333. The summed E-state index contributed by atoms with van der Waals surface area (Å²) < 4.78 is 10.6. The molecule has 0 aliphatic carbocycles. The number of carbonyl (C=O) groups excluding carboxylic acids is 1. The molecule has 3 rings (SSSR count). The number of likely N-dealkylation sites (tertiary alicyclic amines) is 1. The first-order chi connectivity index (χ1) is 13.0. The lowest BCUT2D eigenvalue weighted by Gasteiger charge is -2.39. The molecule has 0 spiro atoms. The van der Waals surface area contributed by atoms with Gasteiger partial charge in [0, 0.05) is 19.2 Å². The first kappa shape index (κ1) is 18.8. The Bertz CT molecular complexity index is 803. The number of ether oxygens (including phenoxy) is 2. The van der Waals surface area contributed by atoms with Gasteiger partial charge in [-0.15, -0.1) is 0 Å². The van der Waals surface area contributed by atoms with E-state index in [2.05, 4.69) is 0 Å². The van der Waals surface area contributed by atoms with Crippen molar-refractivity contribution in [3.05, 3.63) is 59.2 Å². The van der Waals surface area contributed by atoms with Crippen LogP contribution in [0.15, 0.2) is 42.5 Å². The van der Waals surface area contributed by atoms with Crippen molar-refractivity contribution in [3.63, 3.8) is 0 Å². The first-order valence-electron chi connectivity index (χ1n) is 8.80. The number of hydrogen-bond donors (Lipinski definition) is 1. The fourth-order valence-electron chi connectivity index (χ4n) is 3.27. The molecule has 1 aliphatic rings. The quantitative estimate of drug-likeness (QED) is 0.812. The van der Waals surface area contributed by atoms with Gasteiger partial charge in [0.15, 0.2) is 0 Å². The molecule has 1 amide bonds. The molecule has 1 fully saturated rings. The summed E-state index contributed by atoms with van der Waals surface area (Å²) in [6.45, 7) is 1.46. The average Bonchev–Trinajstić information content (AvgIpc) is 2.64. The molecule has 1 saturated heterocycles. The molecular weight excluding hydrogens is 346 g/mol. The molecular formula is C21H23NO5. The van der Waals surface area contributed by atoms with Gasteiger partial charge in [-0.3, -0.25) is 4.79 Å². The SMILES string of the molecule is COc1cc(CC2CN(C(=O)Cc3ccc(C(=O)O)cc3)C2)cc(OC)c1. The molecule has 0 radical (unpaired) electrons. The zero-order valence-corrected chi connectivity index (χ0v) is 15.5. The summed E-state index contributed by atoms with van der Waals surface area (Å²) in [4.78, 5) is 25.1. The van der Waals surface area contributed by atoms with Gasteiger partial charge in [-0.05, 0) is 47.7 Å². The van der Waals surface area contributed by atoms with E-state index in [9.17, 15) is 9.59 Å². The largest absolute Gasteiger partial charge is 0.497 e. The molecule has 0 unspecified atom stereocenters. The molecule has 6 heteroatoms. The third kappa shape index (κ3) is 4.58. The monoisotopic (exact) mass is 369 g/mol. The lowest BCUT2D eigenvalue weighted by Crippen LogP contribution is -2.51. The molecule has 0 atom stereocenters. The van der Waals surface area contributed by atoms with E-state index in [0.717, 1.165) is 42.1 Å². The number of carbonyl (C=O) groups is 2. The predicted octanol–water partition coefficient (Wildman–Crippen LogP) is 2.65. The van der Waals surface area contributed by atoms with E-state index < -0.39 is 5.97 Å². The van der Waals surface area contributed by atoms with Crippen LogP contribution in [0.5, 0.6) is 11.5 Å². The minimum atomic E-state index is -0.965. The third-order valence-electron chi connectivity index (χ3n) is 4.80. The smallest absolute Gasteiger partial charge is 0.335 e. The van der Waals surface area contributed by atoms with Crippen molar-refractivity contribution in [2.75, 3.05) is 27.3 Å². The van der Waals surface area contributed by atoms with Crippen LogP contribution in [0.25, 0.3) is 0 Å². The second kappa shape index (κ2) is 8.12. The minimum absolute atomic E-state index is 0.0672. The van der Waals surface area contributed by atoms with Crippen molar-refractivity contribution in [3.8, 4) is 11.5 Å². The molecule has 142 valence electrons. The third-order valence-corrected chi connectivity index (χ3v) is 4.80. The second-order valence-corrected chi connectivity index (χ2v) is 6.77. The maximum absolute atomic E-state index is 12.4. The highest BCUT2D eigenvalue weighted by molar-refractivity contribution is 5.87. The van der Waals surface area contributed by atoms with Gasteiger partial charge in [0.25, 0.3) is 0 Å². The number of benzene rings is 2. The Morgan fingerprint density at radius 1 is 1.00 bits per heavy atom. The molecule has 0 saturated carbocycles. The van der Waals surface area contributed by atoms with Crippen LogP contribution in [0, 0.1) is 5.92 Å². The van der Waals surface area contributed by atoms with E-state index in [1.54, 1.807) is 26.4 Å². The number of aromatic carboxylic acids is 1. The van der Waals surface area contributed by atoms with Crippen molar-refractivity contribution in [1.29, 1.82) is 0 Å². The van der Waals surface area contributed by atoms with Crippen LogP contribution in [0.2, 0.25) is 0 Å². The van der Waals surface area contributed by atoms with Gasteiger partial charge < -0.3 is 19.5 Å². The van der Waals surface area contributed by atoms with Crippen molar-refractivity contribution in [2.24, 2.45) is 5.92 Å². The molecule has 27 heavy (non-hydrogen) atoms. The van der Waals surface area contributed by atoms with E-state index in [1.165, 1.54) is 12.1 Å². The van der Waals surface area contributed by atoms with E-state index >= 15 is 0 Å². The van der Waals surface area contributed by atoms with Gasteiger partial charge in [0.2, 0.25) is 5.91 Å². The highest BCUT2D eigenvalue weighted by atomic mass is 16.5. The Balaban J connectivity index is 1.51. The summed E-state index contributed by atoms with van der Waals surface area (Å²) >= 11 is 0. The molecule has 1 aliphatic heterocycles. The molecule has 2 aromatic carbocycles. The summed E-state index contributed by atoms with van der Waals surface area (Å²) in [7, 11) is 3.26. The van der Waals surface area contributed by atoms with Crippen molar-refractivity contribution < 1.29 is 24.2 Å². The summed E-state index contributed by atoms with van der Waals surface area (Å²) in [5.41, 5.74) is 2.18. The number of hydrogen-bond acceptors (Lipinski definition) is 4. The molecule has 0 aromatic heterocycles. The number of rotatable bonds is 7. The van der Waals surface area contributed by atoms with Crippen molar-refractivity contribution in [2.45, 2.75) is 12.8 Å². The predicted molar refractivity (Wildman–Crippen MR) is 100 cm³/mol. The van der Waals surface area contributed by atoms with Crippen LogP contribution in [-0.2, 0) is 17.6 Å². The Hall–Kier alpha value is -3.02. The maximum Gasteiger partial charge on any atom is 0.335 e. The molecule has 1 N–H and O–H groups in total. The summed E-state index contributed by atoms with van der Waals surface area (Å²) in [6, 6.07) is 12.3. The normalized spacial score (nSPS) is 13.8. The van der Waals surface area contributed by atoms with E-state index in [0.29, 0.717) is 12.3 Å². The Morgan fingerprint density at radius 3 is 2.11 bits per heavy atom. The minimum Gasteiger partial charge on any atom is -0.497 e. The van der Waals surface area contributed by atoms with Crippen LogP contribution in [0.1, 0.15) is 21.5 Å². The molecule has 0 bridgehead atoms. The Kier molecular flexibility index (Phi) is 5.64. The number of carboxylic acids is 1. The lowest BCUT2D eigenvalue weighted by atomic mass is 9.91. The molecule has 6 nitrogen and oxygen atoms in total. The van der Waals surface area contributed by atoms with Gasteiger partial charge in [-0.2, -0.15) is 0 Å². The standard InChI is InChI=1S/C21H23NO5/c1-26-18-8-15(9-19(11-18)27-2)7-16-12-22(13-16)20(23)10-14-3-5-17(6-4-14)21(24)25/h3-6,8-9,11,16H,7,10,12-13H2,1-2H3,(H,24,25). The fourth-order valence-corrected chi connectivity index (χ4v) is 3.27. The Labute approximate surface area is 158 Å². The average molecular weight is 369 g/mol. The zero-order valence-electron chi connectivity index (χ0n) is 15.5. The maximum atomic E-state index is 12.4. The molecule has 1 heterocycles. The zero-order chi connectivity index (χ0) is 19.4. The number of amides is 1. The number of nitrogens with zero attached hydrogens (tertiary/aromatic N) is 1. The van der Waals surface area contributed by atoms with Crippen molar-refractivity contribution >= 4 is 11.9 Å². The van der Waals surface area contributed by atoms with E-state index in [4.69, 9.17) is 14.6 Å².